The second-order valence-corrected chi connectivity index (χ2v) is 5.14. The molecule has 2 aromatic carbocycles. The van der Waals surface area contributed by atoms with Gasteiger partial charge in [0.25, 0.3) is 0 Å². The predicted molar refractivity (Wildman–Crippen MR) is 79.8 cm³/mol. The minimum Gasteiger partial charge on any atom is -0.494 e. The van der Waals surface area contributed by atoms with Crippen LogP contribution < -0.4 is 10.5 Å². The molecule has 2 aromatic rings. The van der Waals surface area contributed by atoms with Crippen LogP contribution in [0.4, 0.5) is 4.39 Å². The lowest BCUT2D eigenvalue weighted by atomic mass is 9.98. The Morgan fingerprint density at radius 1 is 1.30 bits per heavy atom. The first kappa shape index (κ1) is 14.8. The SMILES string of the molecule is COc1ccc(CC(N)c2cccc(C)c2Cl)cc1F. The highest BCUT2D eigenvalue weighted by Crippen LogP contribution is 2.28. The van der Waals surface area contributed by atoms with E-state index in [2.05, 4.69) is 0 Å². The number of halogens is 2. The summed E-state index contributed by atoms with van der Waals surface area (Å²) < 4.78 is 18.6. The van der Waals surface area contributed by atoms with Crippen molar-refractivity contribution in [3.63, 3.8) is 0 Å². The van der Waals surface area contributed by atoms with Crippen LogP contribution in [-0.4, -0.2) is 7.11 Å². The first-order valence-electron chi connectivity index (χ1n) is 6.36. The van der Waals surface area contributed by atoms with E-state index in [9.17, 15) is 4.39 Å². The molecule has 0 bridgehead atoms. The quantitative estimate of drug-likeness (QED) is 0.923. The molecule has 106 valence electrons. The fourth-order valence-corrected chi connectivity index (χ4v) is 2.42. The fourth-order valence-electron chi connectivity index (χ4n) is 2.16. The Kier molecular flexibility index (Phi) is 4.63. The van der Waals surface area contributed by atoms with E-state index in [-0.39, 0.29) is 17.6 Å². The summed E-state index contributed by atoms with van der Waals surface area (Å²) in [4.78, 5) is 0. The van der Waals surface area contributed by atoms with Gasteiger partial charge in [-0.05, 0) is 42.2 Å². The molecule has 0 saturated heterocycles. The summed E-state index contributed by atoms with van der Waals surface area (Å²) in [6.45, 7) is 1.94. The number of hydrogen-bond acceptors (Lipinski definition) is 2. The monoisotopic (exact) mass is 293 g/mol. The molecule has 1 unspecified atom stereocenters. The first-order valence-corrected chi connectivity index (χ1v) is 6.73. The predicted octanol–water partition coefficient (Wildman–Crippen LogP) is 4.04. The molecule has 0 aliphatic heterocycles. The van der Waals surface area contributed by atoms with E-state index in [1.165, 1.54) is 13.2 Å². The van der Waals surface area contributed by atoms with Crippen molar-refractivity contribution in [2.45, 2.75) is 19.4 Å². The molecule has 0 fully saturated rings. The third kappa shape index (κ3) is 3.11. The van der Waals surface area contributed by atoms with E-state index in [0.717, 1.165) is 16.7 Å². The van der Waals surface area contributed by atoms with Gasteiger partial charge in [-0.25, -0.2) is 4.39 Å². The number of hydrogen-bond donors (Lipinski definition) is 1. The van der Waals surface area contributed by atoms with Gasteiger partial charge in [0.05, 0.1) is 7.11 Å². The second kappa shape index (κ2) is 6.25. The first-order chi connectivity index (χ1) is 9.52. The van der Waals surface area contributed by atoms with Crippen LogP contribution in [0.3, 0.4) is 0 Å². The minimum absolute atomic E-state index is 0.232. The summed E-state index contributed by atoms with van der Waals surface area (Å²) in [7, 11) is 1.44. The molecule has 0 spiro atoms. The van der Waals surface area contributed by atoms with Gasteiger partial charge >= 0.3 is 0 Å². The zero-order valence-corrected chi connectivity index (χ0v) is 12.2. The zero-order valence-electron chi connectivity index (χ0n) is 11.5. The Hall–Kier alpha value is -1.58. The van der Waals surface area contributed by atoms with Crippen molar-refractivity contribution >= 4 is 11.6 Å². The van der Waals surface area contributed by atoms with Crippen LogP contribution in [0.5, 0.6) is 5.75 Å². The third-order valence-corrected chi connectivity index (χ3v) is 3.81. The summed E-state index contributed by atoms with van der Waals surface area (Å²) in [5, 5.41) is 0.675. The maximum Gasteiger partial charge on any atom is 0.165 e. The molecule has 0 aliphatic carbocycles. The van der Waals surface area contributed by atoms with Crippen molar-refractivity contribution in [1.82, 2.24) is 0 Å². The molecule has 0 heterocycles. The van der Waals surface area contributed by atoms with Crippen molar-refractivity contribution in [3.8, 4) is 5.75 Å². The Morgan fingerprint density at radius 3 is 2.70 bits per heavy atom. The van der Waals surface area contributed by atoms with E-state index >= 15 is 0 Å². The summed E-state index contributed by atoms with van der Waals surface area (Å²) in [6, 6.07) is 10.4. The molecule has 1 atom stereocenters. The largest absolute Gasteiger partial charge is 0.494 e. The van der Waals surface area contributed by atoms with Crippen LogP contribution in [0.15, 0.2) is 36.4 Å². The molecule has 0 saturated carbocycles. The van der Waals surface area contributed by atoms with E-state index in [0.29, 0.717) is 11.4 Å². The summed E-state index contributed by atoms with van der Waals surface area (Å²) in [5.74, 6) is -0.150. The molecule has 2 rings (SSSR count). The van der Waals surface area contributed by atoms with Gasteiger partial charge in [-0.2, -0.15) is 0 Å². The Labute approximate surface area is 123 Å². The molecule has 0 aromatic heterocycles. The number of ether oxygens (including phenoxy) is 1. The average molecular weight is 294 g/mol. The minimum atomic E-state index is -0.382. The van der Waals surface area contributed by atoms with Crippen LogP contribution in [0.2, 0.25) is 5.02 Å². The number of methoxy groups -OCH3 is 1. The highest BCUT2D eigenvalue weighted by Gasteiger charge is 2.13. The standard InChI is InChI=1S/C16H17ClFNO/c1-10-4-3-5-12(16(10)17)14(19)9-11-6-7-15(20-2)13(18)8-11/h3-8,14H,9,19H2,1-2H3. The van der Waals surface area contributed by atoms with E-state index in [1.807, 2.05) is 31.2 Å². The van der Waals surface area contributed by atoms with Crippen LogP contribution >= 0.6 is 11.6 Å². The molecular formula is C16H17ClFNO. The van der Waals surface area contributed by atoms with E-state index in [4.69, 9.17) is 22.1 Å². The maximum atomic E-state index is 13.7. The number of rotatable bonds is 4. The zero-order chi connectivity index (χ0) is 14.7. The van der Waals surface area contributed by atoms with Gasteiger partial charge in [-0.1, -0.05) is 35.9 Å². The lowest BCUT2D eigenvalue weighted by molar-refractivity contribution is 0.386. The molecule has 2 N–H and O–H groups in total. The lowest BCUT2D eigenvalue weighted by Crippen LogP contribution is -2.14. The van der Waals surface area contributed by atoms with Crippen molar-refractivity contribution in [2.75, 3.05) is 7.11 Å². The van der Waals surface area contributed by atoms with Gasteiger partial charge in [0.2, 0.25) is 0 Å². The Morgan fingerprint density at radius 2 is 2.05 bits per heavy atom. The second-order valence-electron chi connectivity index (χ2n) is 4.76. The van der Waals surface area contributed by atoms with Crippen LogP contribution in [0, 0.1) is 12.7 Å². The Bertz CT molecular complexity index is 615. The highest BCUT2D eigenvalue weighted by atomic mass is 35.5. The maximum absolute atomic E-state index is 13.7. The van der Waals surface area contributed by atoms with Crippen LogP contribution in [0.1, 0.15) is 22.7 Å². The van der Waals surface area contributed by atoms with Crippen molar-refractivity contribution in [3.05, 3.63) is 63.9 Å². The number of aryl methyl sites for hydroxylation is 1. The molecular weight excluding hydrogens is 277 g/mol. The van der Waals surface area contributed by atoms with Gasteiger partial charge < -0.3 is 10.5 Å². The van der Waals surface area contributed by atoms with Crippen LogP contribution in [-0.2, 0) is 6.42 Å². The Balaban J connectivity index is 2.21. The van der Waals surface area contributed by atoms with Crippen molar-refractivity contribution < 1.29 is 9.13 Å². The highest BCUT2D eigenvalue weighted by molar-refractivity contribution is 6.32. The molecule has 0 radical (unpaired) electrons. The molecule has 0 amide bonds. The number of benzene rings is 2. The average Bonchev–Trinajstić information content (AvgIpc) is 2.42. The van der Waals surface area contributed by atoms with Gasteiger partial charge in [0.1, 0.15) is 0 Å². The van der Waals surface area contributed by atoms with Gasteiger partial charge in [-0.3, -0.25) is 0 Å². The molecule has 4 heteroatoms. The van der Waals surface area contributed by atoms with Crippen molar-refractivity contribution in [2.24, 2.45) is 5.73 Å². The summed E-state index contributed by atoms with van der Waals surface area (Å²) in [6.07, 6.45) is 0.518. The molecule has 20 heavy (non-hydrogen) atoms. The van der Waals surface area contributed by atoms with E-state index < -0.39 is 0 Å². The molecule has 0 aliphatic rings. The van der Waals surface area contributed by atoms with Crippen LogP contribution in [0.25, 0.3) is 0 Å². The van der Waals surface area contributed by atoms with Gasteiger partial charge in [0, 0.05) is 11.1 Å². The van der Waals surface area contributed by atoms with Gasteiger partial charge in [0.15, 0.2) is 11.6 Å². The number of nitrogens with two attached hydrogens (primary N) is 1. The summed E-state index contributed by atoms with van der Waals surface area (Å²) >= 11 is 6.26. The smallest absolute Gasteiger partial charge is 0.165 e. The fraction of sp³-hybridized carbons (Fsp3) is 0.250. The summed E-state index contributed by atoms with van der Waals surface area (Å²) in [5.41, 5.74) is 8.86. The topological polar surface area (TPSA) is 35.2 Å². The molecule has 2 nitrogen and oxygen atoms in total. The van der Waals surface area contributed by atoms with Crippen molar-refractivity contribution in [1.29, 1.82) is 0 Å². The third-order valence-electron chi connectivity index (χ3n) is 3.29. The van der Waals surface area contributed by atoms with E-state index in [1.54, 1.807) is 6.07 Å². The normalized spacial score (nSPS) is 12.2. The lowest BCUT2D eigenvalue weighted by Gasteiger charge is -2.15. The van der Waals surface area contributed by atoms with Gasteiger partial charge in [-0.15, -0.1) is 0 Å².